The number of carboxylic acids is 1. The van der Waals surface area contributed by atoms with Gasteiger partial charge in [0.05, 0.1) is 19.3 Å². The van der Waals surface area contributed by atoms with E-state index in [9.17, 15) is 14.7 Å². The number of fused-ring (bicyclic) bond motifs is 1. The molecule has 0 bridgehead atoms. The Labute approximate surface area is 176 Å². The average Bonchev–Trinajstić information content (AvgIpc) is 3.19. The number of rotatable bonds is 5. The second-order valence-corrected chi connectivity index (χ2v) is 6.98. The second kappa shape index (κ2) is 7.92. The summed E-state index contributed by atoms with van der Waals surface area (Å²) in [6.07, 6.45) is 2.95. The Hall–Kier alpha value is -3.78. The number of aliphatic carboxylic acids is 1. The van der Waals surface area contributed by atoms with Crippen LogP contribution in [0.25, 0.3) is 0 Å². The third-order valence-electron chi connectivity index (χ3n) is 4.67. The van der Waals surface area contributed by atoms with E-state index in [2.05, 4.69) is 15.7 Å². The lowest BCUT2D eigenvalue weighted by molar-refractivity contribution is -0.132. The summed E-state index contributed by atoms with van der Waals surface area (Å²) in [5.41, 5.74) is 1.53. The first-order valence-corrected chi connectivity index (χ1v) is 9.34. The number of benzene rings is 2. The number of hydrogen-bond acceptors (Lipinski definition) is 5. The van der Waals surface area contributed by atoms with E-state index in [0.717, 1.165) is 5.56 Å². The molecule has 0 saturated carbocycles. The Morgan fingerprint density at radius 1 is 1.17 bits per heavy atom. The Morgan fingerprint density at radius 2 is 1.87 bits per heavy atom. The summed E-state index contributed by atoms with van der Waals surface area (Å²) >= 11 is 5.88. The molecule has 4 rings (SSSR count). The van der Waals surface area contributed by atoms with Gasteiger partial charge in [-0.2, -0.15) is 5.10 Å². The van der Waals surface area contributed by atoms with Crippen LogP contribution in [0.4, 0.5) is 11.5 Å². The number of halogens is 1. The van der Waals surface area contributed by atoms with Crippen molar-refractivity contribution in [2.45, 2.75) is 6.04 Å². The molecular weight excluding hydrogens is 408 g/mol. The number of anilines is 2. The monoisotopic (exact) mass is 424 g/mol. The normalized spacial score (nSPS) is 14.9. The highest BCUT2D eigenvalue weighted by Crippen LogP contribution is 2.33. The molecule has 8 nitrogen and oxygen atoms in total. The van der Waals surface area contributed by atoms with Crippen LogP contribution in [0.15, 0.2) is 66.5 Å². The molecule has 0 aliphatic carbocycles. The fourth-order valence-corrected chi connectivity index (χ4v) is 3.28. The molecular formula is C21H17ClN4O4. The highest BCUT2D eigenvalue weighted by molar-refractivity contribution is 6.30. The van der Waals surface area contributed by atoms with Crippen molar-refractivity contribution in [1.29, 1.82) is 0 Å². The molecule has 152 valence electrons. The predicted octanol–water partition coefficient (Wildman–Crippen LogP) is 3.78. The lowest BCUT2D eigenvalue weighted by Crippen LogP contribution is -2.25. The summed E-state index contributed by atoms with van der Waals surface area (Å²) in [5, 5.41) is 20.0. The summed E-state index contributed by atoms with van der Waals surface area (Å²) < 4.78 is 6.75. The van der Waals surface area contributed by atoms with Crippen molar-refractivity contribution in [3.8, 4) is 5.75 Å². The molecule has 1 unspecified atom stereocenters. The maximum Gasteiger partial charge on any atom is 0.352 e. The molecule has 0 radical (unpaired) electrons. The first-order valence-electron chi connectivity index (χ1n) is 8.97. The molecule has 30 heavy (non-hydrogen) atoms. The fraction of sp³-hybridized carbons (Fsp3) is 0.0952. The minimum Gasteiger partial charge on any atom is -0.497 e. The molecule has 2 aromatic carbocycles. The SMILES string of the molecule is COc1ccc(C2C=C(C(=O)O)Nc3c(C(=O)Nc4ccc(Cl)cc4)cnn32)cc1. The van der Waals surface area contributed by atoms with Crippen molar-refractivity contribution in [1.82, 2.24) is 9.78 Å². The van der Waals surface area contributed by atoms with Crippen LogP contribution in [-0.4, -0.2) is 33.9 Å². The van der Waals surface area contributed by atoms with E-state index in [0.29, 0.717) is 22.3 Å². The quantitative estimate of drug-likeness (QED) is 0.575. The Balaban J connectivity index is 1.69. The molecule has 9 heteroatoms. The number of nitrogens with zero attached hydrogens (tertiary/aromatic N) is 2. The third-order valence-corrected chi connectivity index (χ3v) is 4.92. The number of carboxylic acid groups (broad SMARTS) is 1. The van der Waals surface area contributed by atoms with Crippen LogP contribution in [0.5, 0.6) is 5.75 Å². The smallest absolute Gasteiger partial charge is 0.352 e. The Bertz CT molecular complexity index is 1140. The number of ether oxygens (including phenoxy) is 1. The molecule has 0 saturated heterocycles. The zero-order chi connectivity index (χ0) is 21.3. The van der Waals surface area contributed by atoms with E-state index in [4.69, 9.17) is 16.3 Å². The van der Waals surface area contributed by atoms with Gasteiger partial charge in [0, 0.05) is 10.7 Å². The van der Waals surface area contributed by atoms with Crippen LogP contribution in [0, 0.1) is 0 Å². The largest absolute Gasteiger partial charge is 0.497 e. The van der Waals surface area contributed by atoms with E-state index in [1.165, 1.54) is 6.20 Å². The number of carbonyl (C=O) groups is 2. The van der Waals surface area contributed by atoms with Gasteiger partial charge in [0.1, 0.15) is 22.8 Å². The number of amides is 1. The van der Waals surface area contributed by atoms with Crippen LogP contribution in [0.3, 0.4) is 0 Å². The van der Waals surface area contributed by atoms with E-state index in [-0.39, 0.29) is 11.3 Å². The van der Waals surface area contributed by atoms with Crippen molar-refractivity contribution >= 4 is 35.0 Å². The molecule has 2 heterocycles. The van der Waals surface area contributed by atoms with Crippen LogP contribution in [0.1, 0.15) is 22.0 Å². The lowest BCUT2D eigenvalue weighted by Gasteiger charge is -2.24. The molecule has 1 aliphatic heterocycles. The second-order valence-electron chi connectivity index (χ2n) is 6.54. The molecule has 0 fully saturated rings. The van der Waals surface area contributed by atoms with Crippen LogP contribution in [0.2, 0.25) is 5.02 Å². The summed E-state index contributed by atoms with van der Waals surface area (Å²) in [5.74, 6) is -0.586. The van der Waals surface area contributed by atoms with Gasteiger partial charge in [0.25, 0.3) is 5.91 Å². The molecule has 1 aliphatic rings. The van der Waals surface area contributed by atoms with Gasteiger partial charge in [-0.3, -0.25) is 4.79 Å². The van der Waals surface area contributed by atoms with Crippen LogP contribution in [-0.2, 0) is 4.79 Å². The standard InChI is InChI=1S/C21H17ClN4O4/c1-30-15-8-2-12(3-9-15)18-10-17(21(28)29)25-19-16(11-23-26(18)19)20(27)24-14-6-4-13(22)5-7-14/h2-11,18,25H,1H3,(H,24,27)(H,28,29). The zero-order valence-corrected chi connectivity index (χ0v) is 16.6. The fourth-order valence-electron chi connectivity index (χ4n) is 3.16. The minimum absolute atomic E-state index is 0.0376. The zero-order valence-electron chi connectivity index (χ0n) is 15.8. The minimum atomic E-state index is -1.13. The van der Waals surface area contributed by atoms with Gasteiger partial charge in [-0.1, -0.05) is 23.7 Å². The molecule has 0 spiro atoms. The van der Waals surface area contributed by atoms with E-state index >= 15 is 0 Å². The molecule has 1 amide bonds. The summed E-state index contributed by atoms with van der Waals surface area (Å²) in [7, 11) is 1.57. The number of aromatic nitrogens is 2. The maximum atomic E-state index is 12.8. The molecule has 1 aromatic heterocycles. The molecule has 1 atom stereocenters. The molecule has 3 N–H and O–H groups in total. The maximum absolute atomic E-state index is 12.8. The number of carbonyl (C=O) groups excluding carboxylic acids is 1. The van der Waals surface area contributed by atoms with Gasteiger partial charge >= 0.3 is 5.97 Å². The van der Waals surface area contributed by atoms with Crippen molar-refractivity contribution in [2.24, 2.45) is 0 Å². The summed E-state index contributed by atoms with van der Waals surface area (Å²) in [6, 6.07) is 13.4. The van der Waals surface area contributed by atoms with Crippen molar-refractivity contribution in [3.05, 3.63) is 82.7 Å². The molecule has 3 aromatic rings. The van der Waals surface area contributed by atoms with Gasteiger partial charge in [-0.25, -0.2) is 9.48 Å². The number of hydrogen-bond donors (Lipinski definition) is 3. The number of nitrogens with one attached hydrogen (secondary N) is 2. The number of methoxy groups -OCH3 is 1. The average molecular weight is 425 g/mol. The Kier molecular flexibility index (Phi) is 5.16. The first-order chi connectivity index (χ1) is 14.5. The Morgan fingerprint density at radius 3 is 2.50 bits per heavy atom. The highest BCUT2D eigenvalue weighted by Gasteiger charge is 2.29. The van der Waals surface area contributed by atoms with Crippen molar-refractivity contribution in [2.75, 3.05) is 17.7 Å². The summed E-state index contributed by atoms with van der Waals surface area (Å²) in [6.45, 7) is 0. The van der Waals surface area contributed by atoms with E-state index < -0.39 is 17.9 Å². The van der Waals surface area contributed by atoms with Gasteiger partial charge < -0.3 is 20.5 Å². The lowest BCUT2D eigenvalue weighted by atomic mass is 10.0. The summed E-state index contributed by atoms with van der Waals surface area (Å²) in [4.78, 5) is 24.5. The van der Waals surface area contributed by atoms with Gasteiger partial charge in [0.2, 0.25) is 0 Å². The van der Waals surface area contributed by atoms with Gasteiger partial charge in [0.15, 0.2) is 0 Å². The highest BCUT2D eigenvalue weighted by atomic mass is 35.5. The number of allylic oxidation sites excluding steroid dienone is 1. The van der Waals surface area contributed by atoms with Crippen molar-refractivity contribution in [3.63, 3.8) is 0 Å². The van der Waals surface area contributed by atoms with Crippen molar-refractivity contribution < 1.29 is 19.4 Å². The topological polar surface area (TPSA) is 105 Å². The van der Waals surface area contributed by atoms with Crippen LogP contribution < -0.4 is 15.4 Å². The predicted molar refractivity (Wildman–Crippen MR) is 112 cm³/mol. The van der Waals surface area contributed by atoms with E-state index in [1.54, 1.807) is 54.3 Å². The third kappa shape index (κ3) is 3.72. The van der Waals surface area contributed by atoms with Crippen LogP contribution >= 0.6 is 11.6 Å². The van der Waals surface area contributed by atoms with E-state index in [1.807, 2.05) is 12.1 Å². The first kappa shape index (κ1) is 19.5. The van der Waals surface area contributed by atoms with Gasteiger partial charge in [-0.15, -0.1) is 0 Å². The van der Waals surface area contributed by atoms with Gasteiger partial charge in [-0.05, 0) is 48.0 Å².